The van der Waals surface area contributed by atoms with E-state index in [9.17, 15) is 9.59 Å². The van der Waals surface area contributed by atoms with Gasteiger partial charge in [0.25, 0.3) is 0 Å². The van der Waals surface area contributed by atoms with Crippen LogP contribution in [0.1, 0.15) is 18.5 Å². The number of benzene rings is 1. The van der Waals surface area contributed by atoms with Crippen molar-refractivity contribution in [3.05, 3.63) is 53.3 Å². The van der Waals surface area contributed by atoms with Gasteiger partial charge in [-0.15, -0.1) is 0 Å². The second-order valence-electron chi connectivity index (χ2n) is 4.88. The van der Waals surface area contributed by atoms with Crippen molar-refractivity contribution < 1.29 is 14.7 Å². The normalized spacial score (nSPS) is 11.9. The Bertz CT molecular complexity index is 641. The van der Waals surface area contributed by atoms with Crippen LogP contribution in [0.2, 0.25) is 5.02 Å². The monoisotopic (exact) mass is 321 g/mol. The van der Waals surface area contributed by atoms with E-state index in [2.05, 4.69) is 5.10 Å². The predicted octanol–water partition coefficient (Wildman–Crippen LogP) is 2.21. The largest absolute Gasteiger partial charge is 0.480 e. The second-order valence-corrected chi connectivity index (χ2v) is 5.31. The van der Waals surface area contributed by atoms with Gasteiger partial charge in [-0.1, -0.05) is 23.7 Å². The average Bonchev–Trinajstić information content (AvgIpc) is 3.01. The van der Waals surface area contributed by atoms with Gasteiger partial charge in [-0.25, -0.2) is 0 Å². The van der Waals surface area contributed by atoms with Gasteiger partial charge in [0, 0.05) is 24.0 Å². The summed E-state index contributed by atoms with van der Waals surface area (Å²) in [7, 11) is 0. The van der Waals surface area contributed by atoms with Crippen LogP contribution in [0, 0.1) is 0 Å². The lowest BCUT2D eigenvalue weighted by Crippen LogP contribution is -2.39. The molecule has 1 N–H and O–H groups in total. The molecule has 0 aliphatic carbocycles. The van der Waals surface area contributed by atoms with Crippen LogP contribution in [-0.2, 0) is 16.1 Å². The van der Waals surface area contributed by atoms with Crippen LogP contribution in [0.25, 0.3) is 0 Å². The number of carbonyl (C=O) groups is 2. The van der Waals surface area contributed by atoms with Crippen molar-refractivity contribution in [2.75, 3.05) is 6.54 Å². The van der Waals surface area contributed by atoms with Gasteiger partial charge in [-0.3, -0.25) is 14.3 Å². The minimum absolute atomic E-state index is 0.202. The Hall–Kier alpha value is -2.34. The van der Waals surface area contributed by atoms with Gasteiger partial charge in [0.05, 0.1) is 0 Å². The Labute approximate surface area is 132 Å². The molecule has 1 atom stereocenters. The Morgan fingerprint density at radius 2 is 2.05 bits per heavy atom. The average molecular weight is 322 g/mol. The number of nitrogens with zero attached hydrogens (tertiary/aromatic N) is 3. The minimum atomic E-state index is -1.06. The van der Waals surface area contributed by atoms with Crippen LogP contribution in [0.5, 0.6) is 0 Å². The van der Waals surface area contributed by atoms with E-state index in [-0.39, 0.29) is 19.0 Å². The van der Waals surface area contributed by atoms with Crippen molar-refractivity contribution in [3.63, 3.8) is 0 Å². The molecule has 7 heteroatoms. The summed E-state index contributed by atoms with van der Waals surface area (Å²) in [5, 5.41) is 13.6. The quantitative estimate of drug-likeness (QED) is 0.885. The molecule has 0 saturated carbocycles. The first kappa shape index (κ1) is 16.0. The lowest BCUT2D eigenvalue weighted by atomic mass is 10.2. The summed E-state index contributed by atoms with van der Waals surface area (Å²) < 4.78 is 1.50. The zero-order valence-electron chi connectivity index (χ0n) is 12.0. The fourth-order valence-electron chi connectivity index (χ4n) is 2.07. The van der Waals surface area contributed by atoms with Gasteiger partial charge >= 0.3 is 5.97 Å². The van der Waals surface area contributed by atoms with E-state index in [0.29, 0.717) is 5.02 Å². The lowest BCUT2D eigenvalue weighted by molar-refractivity contribution is -0.146. The number of aromatic nitrogens is 2. The van der Waals surface area contributed by atoms with Crippen molar-refractivity contribution in [2.45, 2.75) is 19.5 Å². The highest BCUT2D eigenvalue weighted by Gasteiger charge is 2.24. The summed E-state index contributed by atoms with van der Waals surface area (Å²) in [5.41, 5.74) is 0.812. The number of hydrogen-bond donors (Lipinski definition) is 1. The summed E-state index contributed by atoms with van der Waals surface area (Å²) >= 11 is 5.83. The zero-order valence-corrected chi connectivity index (χ0v) is 12.8. The molecule has 0 saturated heterocycles. The molecule has 0 bridgehead atoms. The van der Waals surface area contributed by atoms with E-state index in [1.165, 1.54) is 9.58 Å². The first-order valence-electron chi connectivity index (χ1n) is 6.71. The van der Waals surface area contributed by atoms with E-state index in [4.69, 9.17) is 16.7 Å². The molecule has 0 spiro atoms. The standard InChI is InChI=1S/C15H16ClN3O3/c1-11(19-8-2-7-17-19)15(22)18(10-14(20)21)9-12-3-5-13(16)6-4-12/h2-8,11H,9-10H2,1H3,(H,20,21). The maximum absolute atomic E-state index is 12.5. The Morgan fingerprint density at radius 3 is 2.59 bits per heavy atom. The molecule has 1 unspecified atom stereocenters. The van der Waals surface area contributed by atoms with E-state index < -0.39 is 12.0 Å². The first-order valence-corrected chi connectivity index (χ1v) is 7.09. The number of rotatable bonds is 6. The van der Waals surface area contributed by atoms with Gasteiger partial charge in [0.15, 0.2) is 0 Å². The molecule has 2 rings (SSSR count). The number of halogens is 1. The van der Waals surface area contributed by atoms with Gasteiger partial charge in [0.2, 0.25) is 5.91 Å². The molecule has 1 aromatic heterocycles. The lowest BCUT2D eigenvalue weighted by Gasteiger charge is -2.24. The molecule has 1 heterocycles. The van der Waals surface area contributed by atoms with Crippen LogP contribution >= 0.6 is 11.6 Å². The second kappa shape index (κ2) is 7.09. The maximum Gasteiger partial charge on any atom is 0.323 e. The maximum atomic E-state index is 12.5. The summed E-state index contributed by atoms with van der Waals surface area (Å²) in [6.07, 6.45) is 3.24. The number of hydrogen-bond acceptors (Lipinski definition) is 3. The third kappa shape index (κ3) is 4.08. The van der Waals surface area contributed by atoms with Gasteiger partial charge in [0.1, 0.15) is 12.6 Å². The number of amides is 1. The molecule has 0 fully saturated rings. The highest BCUT2D eigenvalue weighted by molar-refractivity contribution is 6.30. The topological polar surface area (TPSA) is 75.4 Å². The van der Waals surface area contributed by atoms with Crippen molar-refractivity contribution in [1.29, 1.82) is 0 Å². The Kier molecular flexibility index (Phi) is 5.16. The molecule has 0 aliphatic heterocycles. The SMILES string of the molecule is CC(C(=O)N(CC(=O)O)Cc1ccc(Cl)cc1)n1cccn1. The number of carboxylic acids is 1. The van der Waals surface area contributed by atoms with Crippen LogP contribution in [0.4, 0.5) is 0 Å². The third-order valence-corrected chi connectivity index (χ3v) is 3.46. The van der Waals surface area contributed by atoms with Crippen LogP contribution in [0.15, 0.2) is 42.7 Å². The smallest absolute Gasteiger partial charge is 0.323 e. The number of carbonyl (C=O) groups excluding carboxylic acids is 1. The number of aliphatic carboxylic acids is 1. The molecule has 1 aromatic carbocycles. The Morgan fingerprint density at radius 1 is 1.36 bits per heavy atom. The fourth-order valence-corrected chi connectivity index (χ4v) is 2.20. The molecule has 1 amide bonds. The highest BCUT2D eigenvalue weighted by Crippen LogP contribution is 2.15. The van der Waals surface area contributed by atoms with Crippen LogP contribution in [0.3, 0.4) is 0 Å². The third-order valence-electron chi connectivity index (χ3n) is 3.20. The highest BCUT2D eigenvalue weighted by atomic mass is 35.5. The molecular weight excluding hydrogens is 306 g/mol. The Balaban J connectivity index is 2.16. The van der Waals surface area contributed by atoms with Crippen molar-refractivity contribution in [1.82, 2.24) is 14.7 Å². The summed E-state index contributed by atoms with van der Waals surface area (Å²) in [5.74, 6) is -1.36. The van der Waals surface area contributed by atoms with Crippen molar-refractivity contribution in [2.24, 2.45) is 0 Å². The summed E-state index contributed by atoms with van der Waals surface area (Å²) in [4.78, 5) is 24.8. The molecule has 0 aliphatic rings. The molecule has 0 radical (unpaired) electrons. The van der Waals surface area contributed by atoms with Gasteiger partial charge in [-0.2, -0.15) is 5.10 Å². The van der Waals surface area contributed by atoms with Gasteiger partial charge in [-0.05, 0) is 30.7 Å². The number of carboxylic acid groups (broad SMARTS) is 1. The fraction of sp³-hybridized carbons (Fsp3) is 0.267. The van der Waals surface area contributed by atoms with Crippen molar-refractivity contribution in [3.8, 4) is 0 Å². The van der Waals surface area contributed by atoms with E-state index in [1.807, 2.05) is 0 Å². The molecule has 116 valence electrons. The zero-order chi connectivity index (χ0) is 16.1. The summed E-state index contributed by atoms with van der Waals surface area (Å²) in [6, 6.07) is 8.09. The van der Waals surface area contributed by atoms with E-state index in [1.54, 1.807) is 49.6 Å². The van der Waals surface area contributed by atoms with Crippen LogP contribution < -0.4 is 0 Å². The van der Waals surface area contributed by atoms with Gasteiger partial charge < -0.3 is 10.0 Å². The first-order chi connectivity index (χ1) is 10.5. The summed E-state index contributed by atoms with van der Waals surface area (Å²) in [6.45, 7) is 1.52. The van der Waals surface area contributed by atoms with E-state index in [0.717, 1.165) is 5.56 Å². The molecular formula is C15H16ClN3O3. The minimum Gasteiger partial charge on any atom is -0.480 e. The molecule has 22 heavy (non-hydrogen) atoms. The molecule has 2 aromatic rings. The molecule has 6 nitrogen and oxygen atoms in total. The predicted molar refractivity (Wildman–Crippen MR) is 81.4 cm³/mol. The van der Waals surface area contributed by atoms with Crippen molar-refractivity contribution >= 4 is 23.5 Å². The van der Waals surface area contributed by atoms with E-state index >= 15 is 0 Å². The van der Waals surface area contributed by atoms with Crippen LogP contribution in [-0.4, -0.2) is 38.2 Å².